The van der Waals surface area contributed by atoms with Gasteiger partial charge in [-0.25, -0.2) is 0 Å². The Bertz CT molecular complexity index is 485. The minimum Gasteiger partial charge on any atom is -0.491 e. The van der Waals surface area contributed by atoms with E-state index in [0.717, 1.165) is 12.3 Å². The number of hydrogen-bond acceptors (Lipinski definition) is 4. The van der Waals surface area contributed by atoms with Gasteiger partial charge >= 0.3 is 0 Å². The molecule has 2 nitrogen and oxygen atoms in total. The second kappa shape index (κ2) is 7.58. The highest BCUT2D eigenvalue weighted by Gasteiger charge is 2.05. The number of ether oxygens (including phenoxy) is 1. The van der Waals surface area contributed by atoms with Gasteiger partial charge in [-0.2, -0.15) is 0 Å². The van der Waals surface area contributed by atoms with E-state index >= 15 is 0 Å². The molecular formula is C15H19NOS2. The normalized spacial score (nSPS) is 12.3. The second-order valence-corrected chi connectivity index (χ2v) is 6.02. The largest absolute Gasteiger partial charge is 0.491 e. The maximum Gasteiger partial charge on any atom is 0.132 e. The van der Waals surface area contributed by atoms with Crippen LogP contribution in [0.2, 0.25) is 0 Å². The third-order valence-electron chi connectivity index (χ3n) is 2.85. The predicted molar refractivity (Wildman–Crippen MR) is 84.5 cm³/mol. The Labute approximate surface area is 123 Å². The summed E-state index contributed by atoms with van der Waals surface area (Å²) in [7, 11) is 0. The highest BCUT2D eigenvalue weighted by Crippen LogP contribution is 2.26. The molecule has 19 heavy (non-hydrogen) atoms. The summed E-state index contributed by atoms with van der Waals surface area (Å²) >= 11 is 3.50. The lowest BCUT2D eigenvalue weighted by Crippen LogP contribution is -2.23. The summed E-state index contributed by atoms with van der Waals surface area (Å²) < 4.78 is 5.82. The van der Waals surface area contributed by atoms with E-state index < -0.39 is 0 Å². The lowest BCUT2D eigenvalue weighted by atomic mass is 10.3. The minimum absolute atomic E-state index is 0.388. The Morgan fingerprint density at radius 2 is 2.11 bits per heavy atom. The van der Waals surface area contributed by atoms with E-state index in [4.69, 9.17) is 4.74 Å². The van der Waals surface area contributed by atoms with Gasteiger partial charge in [0.15, 0.2) is 0 Å². The van der Waals surface area contributed by atoms with Crippen molar-refractivity contribution in [2.45, 2.75) is 17.9 Å². The van der Waals surface area contributed by atoms with Gasteiger partial charge in [-0.15, -0.1) is 23.1 Å². The van der Waals surface area contributed by atoms with E-state index in [9.17, 15) is 0 Å². The predicted octanol–water partition coefficient (Wildman–Crippen LogP) is 4.20. The Balaban J connectivity index is 1.75. The van der Waals surface area contributed by atoms with Gasteiger partial charge < -0.3 is 10.1 Å². The number of thioether (sulfide) groups is 1. The standard InChI is InChI=1S/C15H19NOS2/c1-12(14-8-5-11-19-14)16-9-10-17-13-6-3-4-7-15(13)18-2/h3-8,11-12,16H,9-10H2,1-2H3. The molecule has 0 saturated heterocycles. The van der Waals surface area contributed by atoms with E-state index in [2.05, 4.69) is 42.1 Å². The van der Waals surface area contributed by atoms with Crippen molar-refractivity contribution in [2.75, 3.05) is 19.4 Å². The molecule has 2 rings (SSSR count). The highest BCUT2D eigenvalue weighted by atomic mass is 32.2. The molecule has 0 bridgehead atoms. The molecule has 0 amide bonds. The first-order valence-electron chi connectivity index (χ1n) is 6.34. The molecule has 1 aromatic carbocycles. The summed E-state index contributed by atoms with van der Waals surface area (Å²) in [6.07, 6.45) is 2.07. The average molecular weight is 293 g/mol. The van der Waals surface area contributed by atoms with Crippen LogP contribution in [0, 0.1) is 0 Å². The topological polar surface area (TPSA) is 21.3 Å². The maximum atomic E-state index is 5.82. The van der Waals surface area contributed by atoms with Gasteiger partial charge in [0.2, 0.25) is 0 Å². The molecule has 0 radical (unpaired) electrons. The maximum absolute atomic E-state index is 5.82. The first-order valence-corrected chi connectivity index (χ1v) is 8.44. The van der Waals surface area contributed by atoms with Gasteiger partial charge in [-0.3, -0.25) is 0 Å². The van der Waals surface area contributed by atoms with Crippen LogP contribution in [-0.4, -0.2) is 19.4 Å². The fourth-order valence-electron chi connectivity index (χ4n) is 1.81. The molecule has 0 saturated carbocycles. The molecule has 102 valence electrons. The Hall–Kier alpha value is -0.970. The molecule has 2 aromatic rings. The SMILES string of the molecule is CSc1ccccc1OCCNC(C)c1cccs1. The molecular weight excluding hydrogens is 274 g/mol. The van der Waals surface area contributed by atoms with Crippen LogP contribution < -0.4 is 10.1 Å². The van der Waals surface area contributed by atoms with Crippen molar-refractivity contribution in [1.82, 2.24) is 5.32 Å². The van der Waals surface area contributed by atoms with E-state index in [0.29, 0.717) is 12.6 Å². The summed E-state index contributed by atoms with van der Waals surface area (Å²) in [5, 5.41) is 5.58. The van der Waals surface area contributed by atoms with Crippen LogP contribution in [0.15, 0.2) is 46.7 Å². The molecule has 0 spiro atoms. The summed E-state index contributed by atoms with van der Waals surface area (Å²) in [5.74, 6) is 0.973. The molecule has 1 atom stereocenters. The number of benzene rings is 1. The zero-order valence-electron chi connectivity index (χ0n) is 11.3. The van der Waals surface area contributed by atoms with E-state index in [-0.39, 0.29) is 0 Å². The monoisotopic (exact) mass is 293 g/mol. The van der Waals surface area contributed by atoms with Gasteiger partial charge in [0, 0.05) is 22.4 Å². The summed E-state index contributed by atoms with van der Waals surface area (Å²) in [6, 6.07) is 12.8. The fraction of sp³-hybridized carbons (Fsp3) is 0.333. The van der Waals surface area contributed by atoms with Crippen molar-refractivity contribution in [1.29, 1.82) is 0 Å². The second-order valence-electron chi connectivity index (χ2n) is 4.19. The summed E-state index contributed by atoms with van der Waals surface area (Å²) in [6.45, 7) is 3.72. The van der Waals surface area contributed by atoms with Crippen molar-refractivity contribution < 1.29 is 4.74 Å². The fourth-order valence-corrected chi connectivity index (χ4v) is 3.11. The van der Waals surface area contributed by atoms with Crippen LogP contribution in [0.4, 0.5) is 0 Å². The van der Waals surface area contributed by atoms with Crippen molar-refractivity contribution in [3.05, 3.63) is 46.7 Å². The number of rotatable bonds is 7. The molecule has 0 aliphatic heterocycles. The minimum atomic E-state index is 0.388. The molecule has 1 heterocycles. The first kappa shape index (κ1) is 14.4. The van der Waals surface area contributed by atoms with Gasteiger partial charge in [-0.1, -0.05) is 18.2 Å². The van der Waals surface area contributed by atoms with Crippen LogP contribution in [-0.2, 0) is 0 Å². The number of hydrogen-bond donors (Lipinski definition) is 1. The van der Waals surface area contributed by atoms with Crippen LogP contribution in [0.25, 0.3) is 0 Å². The summed E-state index contributed by atoms with van der Waals surface area (Å²) in [5.41, 5.74) is 0. The molecule has 0 aliphatic rings. The van der Waals surface area contributed by atoms with Crippen molar-refractivity contribution >= 4 is 23.1 Å². The quantitative estimate of drug-likeness (QED) is 0.610. The van der Waals surface area contributed by atoms with E-state index in [1.54, 1.807) is 23.1 Å². The molecule has 0 aliphatic carbocycles. The summed E-state index contributed by atoms with van der Waals surface area (Å²) in [4.78, 5) is 2.55. The third kappa shape index (κ3) is 4.27. The molecule has 4 heteroatoms. The lowest BCUT2D eigenvalue weighted by Gasteiger charge is -2.13. The molecule has 1 aromatic heterocycles. The number of thiophene rings is 1. The van der Waals surface area contributed by atoms with Gasteiger partial charge in [0.05, 0.1) is 0 Å². The Kier molecular flexibility index (Phi) is 5.76. The van der Waals surface area contributed by atoms with Gasteiger partial charge in [0.25, 0.3) is 0 Å². The lowest BCUT2D eigenvalue weighted by molar-refractivity contribution is 0.301. The highest BCUT2D eigenvalue weighted by molar-refractivity contribution is 7.98. The zero-order valence-corrected chi connectivity index (χ0v) is 12.9. The third-order valence-corrected chi connectivity index (χ3v) is 4.68. The van der Waals surface area contributed by atoms with Crippen LogP contribution in [0.1, 0.15) is 17.8 Å². The van der Waals surface area contributed by atoms with Crippen LogP contribution in [0.3, 0.4) is 0 Å². The molecule has 0 fully saturated rings. The molecule has 1 unspecified atom stereocenters. The number of para-hydroxylation sites is 1. The average Bonchev–Trinajstić information content (AvgIpc) is 2.98. The Morgan fingerprint density at radius 1 is 1.26 bits per heavy atom. The first-order chi connectivity index (χ1) is 9.31. The zero-order chi connectivity index (χ0) is 13.5. The van der Waals surface area contributed by atoms with Crippen molar-refractivity contribution in [2.24, 2.45) is 0 Å². The van der Waals surface area contributed by atoms with Gasteiger partial charge in [0.1, 0.15) is 12.4 Å². The van der Waals surface area contributed by atoms with E-state index in [1.807, 2.05) is 18.2 Å². The molecule has 1 N–H and O–H groups in total. The van der Waals surface area contributed by atoms with E-state index in [1.165, 1.54) is 9.77 Å². The Morgan fingerprint density at radius 3 is 2.84 bits per heavy atom. The smallest absolute Gasteiger partial charge is 0.132 e. The van der Waals surface area contributed by atoms with Crippen molar-refractivity contribution in [3.8, 4) is 5.75 Å². The van der Waals surface area contributed by atoms with Crippen molar-refractivity contribution in [3.63, 3.8) is 0 Å². The number of nitrogens with one attached hydrogen (secondary N) is 1. The van der Waals surface area contributed by atoms with Crippen LogP contribution >= 0.6 is 23.1 Å². The van der Waals surface area contributed by atoms with Gasteiger partial charge in [-0.05, 0) is 36.8 Å². The van der Waals surface area contributed by atoms with Crippen LogP contribution in [0.5, 0.6) is 5.75 Å².